The molecule has 3 aromatic carbocycles. The summed E-state index contributed by atoms with van der Waals surface area (Å²) in [5, 5.41) is 16.0. The van der Waals surface area contributed by atoms with Crippen LogP contribution in [-0.4, -0.2) is 44.5 Å². The molecular formula is C27H33N3O4S. The number of hydrogen-bond donors (Lipinski definition) is 4. The van der Waals surface area contributed by atoms with Crippen LogP contribution >= 0.6 is 0 Å². The second kappa shape index (κ2) is 9.89. The SMILES string of the molecule is CC(C)(C)c1ccc2c(c1)[nH]c1cc(OCCNC[C@H](O)c3cccc(NS(C)(=O)=O)c3)ccc12. The minimum atomic E-state index is -3.37. The first kappa shape index (κ1) is 25.0. The van der Waals surface area contributed by atoms with Gasteiger partial charge in [0.25, 0.3) is 0 Å². The van der Waals surface area contributed by atoms with Crippen molar-refractivity contribution in [3.8, 4) is 5.75 Å². The molecule has 0 amide bonds. The summed E-state index contributed by atoms with van der Waals surface area (Å²) in [4.78, 5) is 3.51. The molecular weight excluding hydrogens is 462 g/mol. The predicted octanol–water partition coefficient (Wildman–Crippen LogP) is 4.69. The topological polar surface area (TPSA) is 103 Å². The molecule has 1 heterocycles. The largest absolute Gasteiger partial charge is 0.492 e. The number of aliphatic hydroxyl groups excluding tert-OH is 1. The van der Waals surface area contributed by atoms with Crippen molar-refractivity contribution in [2.45, 2.75) is 32.3 Å². The van der Waals surface area contributed by atoms with Gasteiger partial charge in [-0.1, -0.05) is 45.0 Å². The molecule has 0 fully saturated rings. The Morgan fingerprint density at radius 1 is 1.00 bits per heavy atom. The van der Waals surface area contributed by atoms with Crippen LogP contribution in [0.25, 0.3) is 21.8 Å². The lowest BCUT2D eigenvalue weighted by atomic mass is 9.86. The molecule has 1 atom stereocenters. The van der Waals surface area contributed by atoms with E-state index in [1.54, 1.807) is 24.3 Å². The summed E-state index contributed by atoms with van der Waals surface area (Å²) in [6.07, 6.45) is 0.327. The number of nitrogens with one attached hydrogen (secondary N) is 3. The van der Waals surface area contributed by atoms with Crippen molar-refractivity contribution >= 4 is 37.5 Å². The molecule has 0 aliphatic rings. The average Bonchev–Trinajstić information content (AvgIpc) is 3.14. The van der Waals surface area contributed by atoms with Crippen molar-refractivity contribution in [3.05, 3.63) is 71.8 Å². The molecule has 0 aliphatic heterocycles. The zero-order chi connectivity index (χ0) is 25.2. The maximum absolute atomic E-state index is 11.4. The lowest BCUT2D eigenvalue weighted by Crippen LogP contribution is -2.26. The highest BCUT2D eigenvalue weighted by molar-refractivity contribution is 7.92. The van der Waals surface area contributed by atoms with Crippen LogP contribution in [0.2, 0.25) is 0 Å². The Balaban J connectivity index is 1.31. The molecule has 0 unspecified atom stereocenters. The Morgan fingerprint density at radius 3 is 2.43 bits per heavy atom. The monoisotopic (exact) mass is 495 g/mol. The van der Waals surface area contributed by atoms with E-state index in [0.29, 0.717) is 30.9 Å². The number of H-pyrrole nitrogens is 1. The third-order valence-electron chi connectivity index (χ3n) is 5.90. The Bertz CT molecular complexity index is 1440. The number of aliphatic hydroxyl groups is 1. The fraction of sp³-hybridized carbons (Fsp3) is 0.333. The lowest BCUT2D eigenvalue weighted by molar-refractivity contribution is 0.172. The zero-order valence-corrected chi connectivity index (χ0v) is 21.4. The van der Waals surface area contributed by atoms with Gasteiger partial charge in [0.05, 0.1) is 17.9 Å². The summed E-state index contributed by atoms with van der Waals surface area (Å²) in [7, 11) is -3.37. The number of aromatic nitrogens is 1. The number of rotatable bonds is 9. The van der Waals surface area contributed by atoms with Crippen LogP contribution in [0.4, 0.5) is 5.69 Å². The quantitative estimate of drug-likeness (QED) is 0.252. The van der Waals surface area contributed by atoms with Crippen LogP contribution in [0, 0.1) is 0 Å². The summed E-state index contributed by atoms with van der Waals surface area (Å²) in [6.45, 7) is 7.96. The lowest BCUT2D eigenvalue weighted by Gasteiger charge is -2.18. The second-order valence-corrected chi connectivity index (χ2v) is 11.7. The van der Waals surface area contributed by atoms with Gasteiger partial charge in [0, 0.05) is 41.1 Å². The van der Waals surface area contributed by atoms with Crippen molar-refractivity contribution in [1.82, 2.24) is 10.3 Å². The molecule has 4 aromatic rings. The number of benzene rings is 3. The third-order valence-corrected chi connectivity index (χ3v) is 6.50. The minimum absolute atomic E-state index is 0.0934. The van der Waals surface area contributed by atoms with Gasteiger partial charge in [-0.15, -0.1) is 0 Å². The molecule has 35 heavy (non-hydrogen) atoms. The van der Waals surface area contributed by atoms with Crippen molar-refractivity contribution in [1.29, 1.82) is 0 Å². The van der Waals surface area contributed by atoms with E-state index in [1.807, 2.05) is 12.1 Å². The van der Waals surface area contributed by atoms with E-state index in [1.165, 1.54) is 16.3 Å². The first-order valence-corrected chi connectivity index (χ1v) is 13.5. The van der Waals surface area contributed by atoms with Crippen LogP contribution in [0.5, 0.6) is 5.75 Å². The fourth-order valence-electron chi connectivity index (χ4n) is 4.07. The van der Waals surface area contributed by atoms with E-state index in [2.05, 4.69) is 60.1 Å². The molecule has 0 saturated carbocycles. The van der Waals surface area contributed by atoms with E-state index in [9.17, 15) is 13.5 Å². The Hall–Kier alpha value is -3.07. The molecule has 7 nitrogen and oxygen atoms in total. The van der Waals surface area contributed by atoms with E-state index in [0.717, 1.165) is 23.0 Å². The summed E-state index contributed by atoms with van der Waals surface area (Å²) >= 11 is 0. The molecule has 4 rings (SSSR count). The summed E-state index contributed by atoms with van der Waals surface area (Å²) in [5.74, 6) is 0.780. The van der Waals surface area contributed by atoms with Gasteiger partial charge >= 0.3 is 0 Å². The molecule has 8 heteroatoms. The van der Waals surface area contributed by atoms with Crippen molar-refractivity contribution < 1.29 is 18.3 Å². The van der Waals surface area contributed by atoms with Gasteiger partial charge in [0.1, 0.15) is 12.4 Å². The first-order chi connectivity index (χ1) is 16.5. The summed E-state index contributed by atoms with van der Waals surface area (Å²) in [5.41, 5.74) is 4.60. The number of aromatic amines is 1. The van der Waals surface area contributed by atoms with E-state index < -0.39 is 16.1 Å². The summed E-state index contributed by atoms with van der Waals surface area (Å²) < 4.78 is 31.1. The molecule has 186 valence electrons. The van der Waals surface area contributed by atoms with Gasteiger partial charge < -0.3 is 20.1 Å². The van der Waals surface area contributed by atoms with Crippen LogP contribution in [0.3, 0.4) is 0 Å². The molecule has 0 spiro atoms. The maximum Gasteiger partial charge on any atom is 0.229 e. The molecule has 1 aromatic heterocycles. The predicted molar refractivity (Wildman–Crippen MR) is 143 cm³/mol. The Morgan fingerprint density at radius 2 is 1.71 bits per heavy atom. The Kier molecular flexibility index (Phi) is 7.07. The number of fused-ring (bicyclic) bond motifs is 3. The van der Waals surface area contributed by atoms with E-state index in [-0.39, 0.29) is 5.41 Å². The van der Waals surface area contributed by atoms with Gasteiger partial charge in [-0.05, 0) is 46.9 Å². The van der Waals surface area contributed by atoms with Gasteiger partial charge in [0.2, 0.25) is 10.0 Å². The minimum Gasteiger partial charge on any atom is -0.492 e. The normalized spacial score (nSPS) is 13.3. The first-order valence-electron chi connectivity index (χ1n) is 11.6. The van der Waals surface area contributed by atoms with Crippen LogP contribution in [-0.2, 0) is 15.4 Å². The Labute approximate surface area is 206 Å². The van der Waals surface area contributed by atoms with Crippen molar-refractivity contribution in [2.24, 2.45) is 0 Å². The van der Waals surface area contributed by atoms with Gasteiger partial charge in [-0.3, -0.25) is 4.72 Å². The standard InChI is InChI=1S/C27H33N3O4S/c1-27(2,3)19-8-10-22-23-11-9-21(16-25(23)29-24(22)15-19)34-13-12-28-17-26(31)18-6-5-7-20(14-18)30-35(4,32)33/h5-11,14-16,26,28-31H,12-13,17H2,1-4H3/t26-/m0/s1. The zero-order valence-electron chi connectivity index (χ0n) is 20.6. The molecule has 0 saturated heterocycles. The number of ether oxygens (including phenoxy) is 1. The van der Waals surface area contributed by atoms with Gasteiger partial charge in [-0.2, -0.15) is 0 Å². The van der Waals surface area contributed by atoms with Crippen LogP contribution in [0.15, 0.2) is 60.7 Å². The molecule has 0 aliphatic carbocycles. The third kappa shape index (κ3) is 6.33. The number of hydrogen-bond acceptors (Lipinski definition) is 5. The molecule has 0 radical (unpaired) electrons. The highest BCUT2D eigenvalue weighted by Crippen LogP contribution is 2.32. The van der Waals surface area contributed by atoms with Crippen molar-refractivity contribution in [2.75, 3.05) is 30.7 Å². The summed E-state index contributed by atoms with van der Waals surface area (Å²) in [6, 6.07) is 19.4. The molecule has 4 N–H and O–H groups in total. The highest BCUT2D eigenvalue weighted by Gasteiger charge is 2.15. The van der Waals surface area contributed by atoms with E-state index >= 15 is 0 Å². The fourth-order valence-corrected chi connectivity index (χ4v) is 4.62. The van der Waals surface area contributed by atoms with E-state index in [4.69, 9.17) is 4.74 Å². The van der Waals surface area contributed by atoms with Crippen LogP contribution < -0.4 is 14.8 Å². The second-order valence-electron chi connectivity index (χ2n) is 9.91. The van der Waals surface area contributed by atoms with Gasteiger partial charge in [0.15, 0.2) is 0 Å². The highest BCUT2D eigenvalue weighted by atomic mass is 32.2. The van der Waals surface area contributed by atoms with Gasteiger partial charge in [-0.25, -0.2) is 8.42 Å². The van der Waals surface area contributed by atoms with Crippen LogP contribution in [0.1, 0.15) is 38.0 Å². The average molecular weight is 496 g/mol. The number of sulfonamides is 1. The van der Waals surface area contributed by atoms with Crippen molar-refractivity contribution in [3.63, 3.8) is 0 Å². The number of anilines is 1. The maximum atomic E-state index is 11.4. The smallest absolute Gasteiger partial charge is 0.229 e. The molecule has 0 bridgehead atoms.